The molecular weight excluding hydrogens is 314 g/mol. The zero-order chi connectivity index (χ0) is 16.6. The van der Waals surface area contributed by atoms with Gasteiger partial charge in [-0.05, 0) is 42.3 Å². The van der Waals surface area contributed by atoms with E-state index in [4.69, 9.17) is 11.6 Å². The molecule has 1 unspecified atom stereocenters. The maximum absolute atomic E-state index is 12.4. The molecule has 0 aliphatic carbocycles. The summed E-state index contributed by atoms with van der Waals surface area (Å²) in [6, 6.07) is 11.8. The van der Waals surface area contributed by atoms with E-state index in [0.29, 0.717) is 21.7 Å². The Balaban J connectivity index is 1.93. The molecule has 23 heavy (non-hydrogen) atoms. The van der Waals surface area contributed by atoms with Crippen LogP contribution in [-0.4, -0.2) is 16.8 Å². The van der Waals surface area contributed by atoms with Gasteiger partial charge in [-0.25, -0.2) is 0 Å². The number of carbonyl (C=O) groups excluding carboxylic acids is 2. The number of Topliss-reactive ketones (excluding diaryl/α,β-unsaturated/α-hetero) is 1. The Morgan fingerprint density at radius 1 is 1.22 bits per heavy atom. The molecule has 2 aromatic rings. The molecule has 3 rings (SSSR count). The maximum Gasteiger partial charge on any atom is 0.254 e. The third kappa shape index (κ3) is 2.87. The molecule has 1 amide bonds. The van der Waals surface area contributed by atoms with Gasteiger partial charge < -0.3 is 10.4 Å². The third-order valence-electron chi connectivity index (χ3n) is 4.09. The molecule has 1 aliphatic heterocycles. The molecule has 0 fully saturated rings. The van der Waals surface area contributed by atoms with Crippen LogP contribution in [0.1, 0.15) is 45.2 Å². The fourth-order valence-corrected chi connectivity index (χ4v) is 2.91. The number of hydrogen-bond acceptors (Lipinski definition) is 3. The van der Waals surface area contributed by atoms with Gasteiger partial charge in [0.2, 0.25) is 0 Å². The fraction of sp³-hybridized carbons (Fsp3) is 0.222. The van der Waals surface area contributed by atoms with Crippen molar-refractivity contribution in [2.45, 2.75) is 25.5 Å². The molecule has 4 nitrogen and oxygen atoms in total. The van der Waals surface area contributed by atoms with E-state index in [1.807, 2.05) is 13.0 Å². The van der Waals surface area contributed by atoms with Gasteiger partial charge in [0.15, 0.2) is 11.5 Å². The summed E-state index contributed by atoms with van der Waals surface area (Å²) in [5, 5.41) is 13.9. The van der Waals surface area contributed by atoms with Crippen LogP contribution in [0.25, 0.3) is 0 Å². The van der Waals surface area contributed by atoms with E-state index in [9.17, 15) is 14.7 Å². The lowest BCUT2D eigenvalue weighted by atomic mass is 9.92. The molecule has 0 saturated heterocycles. The highest BCUT2D eigenvalue weighted by molar-refractivity contribution is 6.30. The van der Waals surface area contributed by atoms with Gasteiger partial charge in [-0.2, -0.15) is 0 Å². The van der Waals surface area contributed by atoms with Crippen molar-refractivity contribution in [3.05, 3.63) is 69.7 Å². The first kappa shape index (κ1) is 15.7. The summed E-state index contributed by atoms with van der Waals surface area (Å²) in [5.74, 6) is -0.631. The Kier molecular flexibility index (Phi) is 3.96. The van der Waals surface area contributed by atoms with E-state index in [2.05, 4.69) is 5.32 Å². The van der Waals surface area contributed by atoms with Crippen LogP contribution in [0.2, 0.25) is 5.02 Å². The van der Waals surface area contributed by atoms with Gasteiger partial charge in [0, 0.05) is 21.7 Å². The standard InChI is InChI=1S/C18H16ClNO3/c1-2-11-3-8-14-15(9-11)18(23,20-17(14)22)10-16(21)12-4-6-13(19)7-5-12/h3-9,23H,2,10H2,1H3,(H,20,22). The monoisotopic (exact) mass is 329 g/mol. The van der Waals surface area contributed by atoms with E-state index in [1.54, 1.807) is 36.4 Å². The second-order valence-electron chi connectivity index (χ2n) is 5.65. The number of carbonyl (C=O) groups is 2. The van der Waals surface area contributed by atoms with Crippen LogP contribution >= 0.6 is 11.6 Å². The molecule has 1 heterocycles. The van der Waals surface area contributed by atoms with Crippen LogP contribution in [0.3, 0.4) is 0 Å². The van der Waals surface area contributed by atoms with E-state index < -0.39 is 5.72 Å². The van der Waals surface area contributed by atoms with Crippen molar-refractivity contribution >= 4 is 23.3 Å². The second kappa shape index (κ2) is 5.80. The van der Waals surface area contributed by atoms with Gasteiger partial charge in [-0.1, -0.05) is 30.7 Å². The average molecular weight is 330 g/mol. The quantitative estimate of drug-likeness (QED) is 0.847. The highest BCUT2D eigenvalue weighted by atomic mass is 35.5. The molecule has 0 aromatic heterocycles. The Labute approximate surface area is 139 Å². The van der Waals surface area contributed by atoms with Crippen LogP contribution in [0.15, 0.2) is 42.5 Å². The van der Waals surface area contributed by atoms with Crippen molar-refractivity contribution in [3.8, 4) is 0 Å². The lowest BCUT2D eigenvalue weighted by molar-refractivity contribution is 0.00857. The van der Waals surface area contributed by atoms with Crippen LogP contribution in [0, 0.1) is 0 Å². The van der Waals surface area contributed by atoms with Crippen LogP contribution in [0.4, 0.5) is 0 Å². The number of amides is 1. The van der Waals surface area contributed by atoms with Crippen molar-refractivity contribution in [2.75, 3.05) is 0 Å². The minimum absolute atomic E-state index is 0.222. The Morgan fingerprint density at radius 3 is 2.57 bits per heavy atom. The van der Waals surface area contributed by atoms with E-state index in [0.717, 1.165) is 12.0 Å². The molecule has 0 saturated carbocycles. The molecule has 0 radical (unpaired) electrons. The van der Waals surface area contributed by atoms with Gasteiger partial charge in [0.1, 0.15) is 0 Å². The summed E-state index contributed by atoms with van der Waals surface area (Å²) in [7, 11) is 0. The number of aliphatic hydroxyl groups is 1. The first-order valence-electron chi connectivity index (χ1n) is 7.40. The number of aryl methyl sites for hydroxylation is 1. The SMILES string of the molecule is CCc1ccc2c(c1)C(O)(CC(=O)c1ccc(Cl)cc1)NC2=O. The molecule has 1 aliphatic rings. The second-order valence-corrected chi connectivity index (χ2v) is 6.09. The smallest absolute Gasteiger partial charge is 0.254 e. The molecule has 1 atom stereocenters. The van der Waals surface area contributed by atoms with Crippen molar-refractivity contribution < 1.29 is 14.7 Å². The Hall–Kier alpha value is -2.17. The van der Waals surface area contributed by atoms with Gasteiger partial charge in [-0.15, -0.1) is 0 Å². The molecule has 0 spiro atoms. The largest absolute Gasteiger partial charge is 0.366 e. The number of nitrogens with one attached hydrogen (secondary N) is 1. The summed E-state index contributed by atoms with van der Waals surface area (Å²) < 4.78 is 0. The average Bonchev–Trinajstić information content (AvgIpc) is 2.78. The van der Waals surface area contributed by atoms with Crippen LogP contribution in [0.5, 0.6) is 0 Å². The summed E-state index contributed by atoms with van der Waals surface area (Å²) >= 11 is 5.82. The van der Waals surface area contributed by atoms with Crippen LogP contribution < -0.4 is 5.32 Å². The molecule has 2 N–H and O–H groups in total. The predicted molar refractivity (Wildman–Crippen MR) is 87.6 cm³/mol. The van der Waals surface area contributed by atoms with Crippen molar-refractivity contribution in [3.63, 3.8) is 0 Å². The number of halogens is 1. The fourth-order valence-electron chi connectivity index (χ4n) is 2.78. The minimum atomic E-state index is -1.67. The number of fused-ring (bicyclic) bond motifs is 1. The third-order valence-corrected chi connectivity index (χ3v) is 4.34. The van der Waals surface area contributed by atoms with E-state index in [-0.39, 0.29) is 18.1 Å². The van der Waals surface area contributed by atoms with E-state index >= 15 is 0 Å². The van der Waals surface area contributed by atoms with Gasteiger partial charge in [0.05, 0.1) is 6.42 Å². The molecule has 118 valence electrons. The molecule has 5 heteroatoms. The molecule has 0 bridgehead atoms. The predicted octanol–water partition coefficient (Wildman–Crippen LogP) is 3.06. The van der Waals surface area contributed by atoms with Gasteiger partial charge >= 0.3 is 0 Å². The Morgan fingerprint density at radius 2 is 1.91 bits per heavy atom. The van der Waals surface area contributed by atoms with Crippen LogP contribution in [-0.2, 0) is 12.1 Å². The van der Waals surface area contributed by atoms with Gasteiger partial charge in [-0.3, -0.25) is 9.59 Å². The number of hydrogen-bond donors (Lipinski definition) is 2. The zero-order valence-corrected chi connectivity index (χ0v) is 13.4. The van der Waals surface area contributed by atoms with Crippen molar-refractivity contribution in [1.29, 1.82) is 0 Å². The summed E-state index contributed by atoms with van der Waals surface area (Å²) in [6.07, 6.45) is 0.559. The number of rotatable bonds is 4. The summed E-state index contributed by atoms with van der Waals surface area (Å²) in [4.78, 5) is 24.5. The minimum Gasteiger partial charge on any atom is -0.366 e. The first-order valence-corrected chi connectivity index (χ1v) is 7.78. The zero-order valence-electron chi connectivity index (χ0n) is 12.6. The number of ketones is 1. The molecular formula is C18H16ClNO3. The van der Waals surface area contributed by atoms with Gasteiger partial charge in [0.25, 0.3) is 5.91 Å². The lowest BCUT2D eigenvalue weighted by Gasteiger charge is -2.23. The normalized spacial score (nSPS) is 19.3. The summed E-state index contributed by atoms with van der Waals surface area (Å²) in [5.41, 5.74) is 0.640. The highest BCUT2D eigenvalue weighted by Crippen LogP contribution is 2.33. The molecule has 2 aromatic carbocycles. The topological polar surface area (TPSA) is 66.4 Å². The number of benzene rings is 2. The van der Waals surface area contributed by atoms with Crippen molar-refractivity contribution in [2.24, 2.45) is 0 Å². The highest BCUT2D eigenvalue weighted by Gasteiger charge is 2.42. The lowest BCUT2D eigenvalue weighted by Crippen LogP contribution is -2.41. The van der Waals surface area contributed by atoms with Crippen molar-refractivity contribution in [1.82, 2.24) is 5.32 Å². The first-order chi connectivity index (χ1) is 10.9. The maximum atomic E-state index is 12.4. The summed E-state index contributed by atoms with van der Waals surface area (Å²) in [6.45, 7) is 1.99. The van der Waals surface area contributed by atoms with E-state index in [1.165, 1.54) is 0 Å². The Bertz CT molecular complexity index is 785.